The van der Waals surface area contributed by atoms with Crippen molar-refractivity contribution in [1.82, 2.24) is 10.9 Å². The van der Waals surface area contributed by atoms with E-state index in [1.807, 2.05) is 24.3 Å². The average molecular weight is 356 g/mol. The molecule has 0 spiro atoms. The Kier molecular flexibility index (Phi) is 6.60. The summed E-state index contributed by atoms with van der Waals surface area (Å²) in [6.07, 6.45) is -0.754. The maximum atomic E-state index is 12.1. The van der Waals surface area contributed by atoms with Crippen LogP contribution in [0.15, 0.2) is 48.5 Å². The molecule has 6 nitrogen and oxygen atoms in total. The lowest BCUT2D eigenvalue weighted by atomic mass is 10.0. The first kappa shape index (κ1) is 19.3. The number of hydrogen-bond acceptors (Lipinski definition) is 4. The minimum atomic E-state index is -0.754. The van der Waals surface area contributed by atoms with Crippen LogP contribution in [0.2, 0.25) is 0 Å². The molecule has 0 fully saturated rings. The number of nitrogens with one attached hydrogen (secondary N) is 2. The lowest BCUT2D eigenvalue weighted by Gasteiger charge is -2.16. The number of carbonyl (C=O) groups excluding carboxylic acids is 2. The van der Waals surface area contributed by atoms with Gasteiger partial charge >= 0.3 is 0 Å². The Hall–Kier alpha value is -3.02. The van der Waals surface area contributed by atoms with E-state index in [0.29, 0.717) is 23.0 Å². The smallest absolute Gasteiger partial charge is 0.279 e. The van der Waals surface area contributed by atoms with E-state index in [2.05, 4.69) is 24.7 Å². The molecular formula is C20H24N2O4. The molecule has 2 rings (SSSR count). The lowest BCUT2D eigenvalue weighted by Crippen LogP contribution is -2.47. The molecule has 2 amide bonds. The van der Waals surface area contributed by atoms with Gasteiger partial charge in [-0.05, 0) is 54.8 Å². The fourth-order valence-electron chi connectivity index (χ4n) is 2.22. The molecule has 0 saturated carbocycles. The maximum absolute atomic E-state index is 12.1. The van der Waals surface area contributed by atoms with Crippen molar-refractivity contribution >= 4 is 11.8 Å². The summed E-state index contributed by atoms with van der Waals surface area (Å²) in [5.41, 5.74) is 6.33. The van der Waals surface area contributed by atoms with E-state index < -0.39 is 17.9 Å². The highest BCUT2D eigenvalue weighted by atomic mass is 16.5. The molecule has 0 aliphatic heterocycles. The fourth-order valence-corrected chi connectivity index (χ4v) is 2.22. The lowest BCUT2D eigenvalue weighted by molar-refractivity contribution is -0.128. The van der Waals surface area contributed by atoms with E-state index in [9.17, 15) is 9.59 Å². The van der Waals surface area contributed by atoms with Gasteiger partial charge in [0.2, 0.25) is 0 Å². The van der Waals surface area contributed by atoms with Gasteiger partial charge < -0.3 is 9.47 Å². The molecule has 0 heterocycles. The summed E-state index contributed by atoms with van der Waals surface area (Å²) in [6, 6.07) is 14.1. The molecule has 0 radical (unpaired) electrons. The fraction of sp³-hybridized carbons (Fsp3) is 0.300. The molecular weight excluding hydrogens is 332 g/mol. The van der Waals surface area contributed by atoms with Gasteiger partial charge in [-0.15, -0.1) is 0 Å². The third kappa shape index (κ3) is 5.24. The number of benzene rings is 2. The Labute approximate surface area is 153 Å². The molecule has 1 atom stereocenters. The van der Waals surface area contributed by atoms with Gasteiger partial charge in [-0.3, -0.25) is 20.4 Å². The van der Waals surface area contributed by atoms with Crippen molar-refractivity contribution in [2.45, 2.75) is 32.8 Å². The molecule has 0 aliphatic rings. The standard InChI is InChI=1S/C20H24N2O4/c1-13(2)15-5-11-18(12-6-15)26-14(3)19(23)21-22-20(24)16-7-9-17(25-4)10-8-16/h5-14H,1-4H3,(H,21,23)(H,22,24)/t14-/m1/s1. The molecule has 6 heteroatoms. The number of methoxy groups -OCH3 is 1. The van der Waals surface area contributed by atoms with Crippen molar-refractivity contribution in [3.63, 3.8) is 0 Å². The van der Waals surface area contributed by atoms with Crippen molar-refractivity contribution in [2.24, 2.45) is 0 Å². The molecule has 0 aromatic heterocycles. The van der Waals surface area contributed by atoms with Gasteiger partial charge in [0.1, 0.15) is 11.5 Å². The van der Waals surface area contributed by atoms with Gasteiger partial charge in [0.25, 0.3) is 11.8 Å². The summed E-state index contributed by atoms with van der Waals surface area (Å²) in [7, 11) is 1.55. The Morgan fingerprint density at radius 3 is 1.96 bits per heavy atom. The van der Waals surface area contributed by atoms with E-state index >= 15 is 0 Å². The summed E-state index contributed by atoms with van der Waals surface area (Å²) in [5, 5.41) is 0. The predicted molar refractivity (Wildman–Crippen MR) is 99.2 cm³/mol. The summed E-state index contributed by atoms with van der Waals surface area (Å²) < 4.78 is 10.6. The van der Waals surface area contributed by atoms with Crippen molar-refractivity contribution in [3.8, 4) is 11.5 Å². The number of hydrazine groups is 1. The largest absolute Gasteiger partial charge is 0.497 e. The molecule has 2 N–H and O–H groups in total. The predicted octanol–water partition coefficient (Wildman–Crippen LogP) is 3.05. The Morgan fingerprint density at radius 1 is 0.846 bits per heavy atom. The zero-order chi connectivity index (χ0) is 19.1. The summed E-state index contributed by atoms with van der Waals surface area (Å²) in [5.74, 6) is 0.807. The van der Waals surface area contributed by atoms with Crippen LogP contribution in [0.4, 0.5) is 0 Å². The van der Waals surface area contributed by atoms with Gasteiger partial charge in [0, 0.05) is 5.56 Å². The second-order valence-electron chi connectivity index (χ2n) is 6.16. The van der Waals surface area contributed by atoms with Crippen LogP contribution in [0.25, 0.3) is 0 Å². The van der Waals surface area contributed by atoms with Gasteiger partial charge in [-0.1, -0.05) is 26.0 Å². The Morgan fingerprint density at radius 2 is 1.42 bits per heavy atom. The Balaban J connectivity index is 1.85. The van der Waals surface area contributed by atoms with E-state index in [4.69, 9.17) is 9.47 Å². The van der Waals surface area contributed by atoms with Crippen molar-refractivity contribution in [2.75, 3.05) is 7.11 Å². The van der Waals surface area contributed by atoms with Gasteiger partial charge in [0.15, 0.2) is 6.10 Å². The highest BCUT2D eigenvalue weighted by Gasteiger charge is 2.16. The molecule has 138 valence electrons. The number of carbonyl (C=O) groups is 2. The first-order chi connectivity index (χ1) is 12.4. The summed E-state index contributed by atoms with van der Waals surface area (Å²) >= 11 is 0. The van der Waals surface area contributed by atoms with Crippen LogP contribution < -0.4 is 20.3 Å². The van der Waals surface area contributed by atoms with Crippen molar-refractivity contribution < 1.29 is 19.1 Å². The Bertz CT molecular complexity index is 739. The maximum Gasteiger partial charge on any atom is 0.279 e. The second-order valence-corrected chi connectivity index (χ2v) is 6.16. The monoisotopic (exact) mass is 356 g/mol. The van der Waals surface area contributed by atoms with Crippen LogP contribution in [0.5, 0.6) is 11.5 Å². The third-order valence-electron chi connectivity index (χ3n) is 3.88. The normalized spacial score (nSPS) is 11.6. The van der Waals surface area contributed by atoms with Crippen LogP contribution in [-0.2, 0) is 4.79 Å². The van der Waals surface area contributed by atoms with Gasteiger partial charge in [-0.25, -0.2) is 0 Å². The molecule has 0 aliphatic carbocycles. The quantitative estimate of drug-likeness (QED) is 0.780. The highest BCUT2D eigenvalue weighted by molar-refractivity contribution is 5.95. The highest BCUT2D eigenvalue weighted by Crippen LogP contribution is 2.19. The number of rotatable bonds is 6. The zero-order valence-corrected chi connectivity index (χ0v) is 15.4. The van der Waals surface area contributed by atoms with Crippen LogP contribution in [0.3, 0.4) is 0 Å². The van der Waals surface area contributed by atoms with Crippen LogP contribution in [0, 0.1) is 0 Å². The second kappa shape index (κ2) is 8.89. The topological polar surface area (TPSA) is 76.7 Å². The molecule has 0 saturated heterocycles. The van der Waals surface area contributed by atoms with E-state index in [0.717, 1.165) is 0 Å². The summed E-state index contributed by atoms with van der Waals surface area (Å²) in [6.45, 7) is 5.83. The molecule has 2 aromatic carbocycles. The minimum absolute atomic E-state index is 0.406. The number of amides is 2. The minimum Gasteiger partial charge on any atom is -0.497 e. The summed E-state index contributed by atoms with van der Waals surface area (Å²) in [4.78, 5) is 24.1. The van der Waals surface area contributed by atoms with Crippen molar-refractivity contribution in [1.29, 1.82) is 0 Å². The zero-order valence-electron chi connectivity index (χ0n) is 15.4. The van der Waals surface area contributed by atoms with Crippen LogP contribution >= 0.6 is 0 Å². The molecule has 26 heavy (non-hydrogen) atoms. The molecule has 0 unspecified atom stereocenters. The van der Waals surface area contributed by atoms with Crippen LogP contribution in [0.1, 0.15) is 42.6 Å². The van der Waals surface area contributed by atoms with Gasteiger partial charge in [0.05, 0.1) is 7.11 Å². The molecule has 0 bridgehead atoms. The van der Waals surface area contributed by atoms with E-state index in [-0.39, 0.29) is 0 Å². The van der Waals surface area contributed by atoms with E-state index in [1.165, 1.54) is 5.56 Å². The number of hydrogen-bond donors (Lipinski definition) is 2. The first-order valence-corrected chi connectivity index (χ1v) is 8.41. The van der Waals surface area contributed by atoms with Crippen LogP contribution in [-0.4, -0.2) is 25.0 Å². The van der Waals surface area contributed by atoms with Crippen molar-refractivity contribution in [3.05, 3.63) is 59.7 Å². The average Bonchev–Trinajstić information content (AvgIpc) is 2.66. The molecule has 2 aromatic rings. The van der Waals surface area contributed by atoms with Gasteiger partial charge in [-0.2, -0.15) is 0 Å². The SMILES string of the molecule is COc1ccc(C(=O)NNC(=O)[C@@H](C)Oc2ccc(C(C)C)cc2)cc1. The third-order valence-corrected chi connectivity index (χ3v) is 3.88. The first-order valence-electron chi connectivity index (χ1n) is 8.41. The number of ether oxygens (including phenoxy) is 2. The van der Waals surface area contributed by atoms with E-state index in [1.54, 1.807) is 38.3 Å².